The Labute approximate surface area is 137 Å². The first-order valence-electron chi connectivity index (χ1n) is 6.94. The lowest BCUT2D eigenvalue weighted by Gasteiger charge is -2.10. The number of phenolic OH excluding ortho intramolecular Hbond substituents is 1. The monoisotopic (exact) mass is 329 g/mol. The van der Waals surface area contributed by atoms with Crippen LogP contribution in [0.2, 0.25) is 0 Å². The molecule has 0 heterocycles. The summed E-state index contributed by atoms with van der Waals surface area (Å²) in [6.07, 6.45) is 0. The highest BCUT2D eigenvalue weighted by atomic mass is 16.5. The predicted molar refractivity (Wildman–Crippen MR) is 84.8 cm³/mol. The summed E-state index contributed by atoms with van der Waals surface area (Å²) in [4.78, 5) is 35.3. The summed E-state index contributed by atoms with van der Waals surface area (Å²) < 4.78 is 9.49. The van der Waals surface area contributed by atoms with E-state index in [1.165, 1.54) is 43.5 Å². The third-order valence-electron chi connectivity index (χ3n) is 3.02. The standard InChI is InChI=1S/C17H15NO6/c1-23-17(22)13-7-2-3-8-14(13)18-15(20)10-24-16(21)11-5-4-6-12(19)9-11/h2-9,19H,10H2,1H3,(H,18,20). The van der Waals surface area contributed by atoms with Crippen LogP contribution in [-0.2, 0) is 14.3 Å². The molecule has 124 valence electrons. The average molecular weight is 329 g/mol. The molecule has 24 heavy (non-hydrogen) atoms. The summed E-state index contributed by atoms with van der Waals surface area (Å²) in [5.74, 6) is -2.04. The number of carbonyl (C=O) groups excluding carboxylic acids is 3. The number of para-hydroxylation sites is 1. The van der Waals surface area contributed by atoms with Crippen LogP contribution in [0.3, 0.4) is 0 Å². The molecule has 2 aromatic carbocycles. The summed E-state index contributed by atoms with van der Waals surface area (Å²) in [5.41, 5.74) is 0.563. The van der Waals surface area contributed by atoms with Gasteiger partial charge in [-0.05, 0) is 30.3 Å². The van der Waals surface area contributed by atoms with Crippen molar-refractivity contribution in [3.63, 3.8) is 0 Å². The summed E-state index contributed by atoms with van der Waals surface area (Å²) in [7, 11) is 1.23. The van der Waals surface area contributed by atoms with Gasteiger partial charge >= 0.3 is 11.9 Å². The topological polar surface area (TPSA) is 102 Å². The molecule has 0 bridgehead atoms. The van der Waals surface area contributed by atoms with E-state index in [1.807, 2.05) is 0 Å². The molecule has 7 heteroatoms. The minimum absolute atomic E-state index is 0.0825. The Bertz CT molecular complexity index is 771. The normalized spacial score (nSPS) is 9.88. The lowest BCUT2D eigenvalue weighted by molar-refractivity contribution is -0.119. The Morgan fingerprint density at radius 2 is 1.79 bits per heavy atom. The number of aromatic hydroxyl groups is 1. The van der Waals surface area contributed by atoms with E-state index in [0.29, 0.717) is 0 Å². The van der Waals surface area contributed by atoms with Gasteiger partial charge < -0.3 is 19.9 Å². The van der Waals surface area contributed by atoms with Gasteiger partial charge in [0.05, 0.1) is 23.9 Å². The molecule has 0 spiro atoms. The van der Waals surface area contributed by atoms with Crippen molar-refractivity contribution in [1.29, 1.82) is 0 Å². The van der Waals surface area contributed by atoms with Crippen LogP contribution in [0.4, 0.5) is 5.69 Å². The quantitative estimate of drug-likeness (QED) is 0.813. The zero-order valence-corrected chi connectivity index (χ0v) is 12.8. The summed E-state index contributed by atoms with van der Waals surface area (Å²) >= 11 is 0. The van der Waals surface area contributed by atoms with E-state index in [0.717, 1.165) is 0 Å². The molecule has 2 rings (SSSR count). The van der Waals surface area contributed by atoms with Gasteiger partial charge in [0, 0.05) is 0 Å². The van der Waals surface area contributed by atoms with Crippen molar-refractivity contribution < 1.29 is 29.0 Å². The smallest absolute Gasteiger partial charge is 0.339 e. The molecule has 0 fully saturated rings. The summed E-state index contributed by atoms with van der Waals surface area (Å²) in [5, 5.41) is 11.8. The van der Waals surface area contributed by atoms with E-state index in [1.54, 1.807) is 12.1 Å². The van der Waals surface area contributed by atoms with E-state index in [9.17, 15) is 19.5 Å². The average Bonchev–Trinajstić information content (AvgIpc) is 2.59. The number of hydrogen-bond donors (Lipinski definition) is 2. The second-order valence-corrected chi connectivity index (χ2v) is 4.71. The molecule has 0 radical (unpaired) electrons. The van der Waals surface area contributed by atoms with Gasteiger partial charge in [-0.3, -0.25) is 4.79 Å². The van der Waals surface area contributed by atoms with Crippen LogP contribution < -0.4 is 5.32 Å². The maximum absolute atomic E-state index is 11.9. The number of rotatable bonds is 5. The van der Waals surface area contributed by atoms with Crippen LogP contribution in [0.25, 0.3) is 0 Å². The molecule has 0 unspecified atom stereocenters. The fraction of sp³-hybridized carbons (Fsp3) is 0.118. The van der Waals surface area contributed by atoms with Gasteiger partial charge in [-0.15, -0.1) is 0 Å². The fourth-order valence-corrected chi connectivity index (χ4v) is 1.91. The molecule has 0 saturated carbocycles. The summed E-state index contributed by atoms with van der Waals surface area (Å²) in [6, 6.07) is 11.9. The summed E-state index contributed by atoms with van der Waals surface area (Å²) in [6.45, 7) is -0.538. The first kappa shape index (κ1) is 17.0. The maximum atomic E-state index is 11.9. The number of ether oxygens (including phenoxy) is 2. The largest absolute Gasteiger partial charge is 0.508 e. The van der Waals surface area contributed by atoms with Crippen LogP contribution in [0.15, 0.2) is 48.5 Å². The lowest BCUT2D eigenvalue weighted by Crippen LogP contribution is -2.22. The van der Waals surface area contributed by atoms with Gasteiger partial charge in [0.25, 0.3) is 5.91 Å². The van der Waals surface area contributed by atoms with Gasteiger partial charge in [0.2, 0.25) is 0 Å². The van der Waals surface area contributed by atoms with Crippen LogP contribution in [0.1, 0.15) is 20.7 Å². The molecule has 1 amide bonds. The minimum Gasteiger partial charge on any atom is -0.508 e. The van der Waals surface area contributed by atoms with Crippen molar-refractivity contribution in [2.24, 2.45) is 0 Å². The van der Waals surface area contributed by atoms with Gasteiger partial charge in [-0.2, -0.15) is 0 Å². The third-order valence-corrected chi connectivity index (χ3v) is 3.02. The Kier molecular flexibility index (Phi) is 5.51. The van der Waals surface area contributed by atoms with Crippen molar-refractivity contribution in [3.05, 3.63) is 59.7 Å². The van der Waals surface area contributed by atoms with Crippen molar-refractivity contribution in [3.8, 4) is 5.75 Å². The minimum atomic E-state index is -0.748. The second-order valence-electron chi connectivity index (χ2n) is 4.71. The number of phenols is 1. The maximum Gasteiger partial charge on any atom is 0.339 e. The number of hydrogen-bond acceptors (Lipinski definition) is 6. The van der Waals surface area contributed by atoms with E-state index < -0.39 is 24.5 Å². The van der Waals surface area contributed by atoms with E-state index in [2.05, 4.69) is 10.1 Å². The van der Waals surface area contributed by atoms with Crippen molar-refractivity contribution in [2.75, 3.05) is 19.0 Å². The predicted octanol–water partition coefficient (Wildman–Crippen LogP) is 1.97. The lowest BCUT2D eigenvalue weighted by atomic mass is 10.2. The Morgan fingerprint density at radius 3 is 2.50 bits per heavy atom. The number of methoxy groups -OCH3 is 1. The number of amides is 1. The van der Waals surface area contributed by atoms with Crippen LogP contribution >= 0.6 is 0 Å². The van der Waals surface area contributed by atoms with Gasteiger partial charge in [0.1, 0.15) is 5.75 Å². The van der Waals surface area contributed by atoms with Gasteiger partial charge in [-0.1, -0.05) is 18.2 Å². The molecule has 0 aliphatic heterocycles. The molecular weight excluding hydrogens is 314 g/mol. The van der Waals surface area contributed by atoms with E-state index in [4.69, 9.17) is 4.74 Å². The molecule has 7 nitrogen and oxygen atoms in total. The molecule has 0 aromatic heterocycles. The molecule has 0 atom stereocenters. The van der Waals surface area contributed by atoms with Crippen molar-refractivity contribution in [1.82, 2.24) is 0 Å². The molecule has 2 aromatic rings. The fourth-order valence-electron chi connectivity index (χ4n) is 1.91. The molecular formula is C17H15NO6. The van der Waals surface area contributed by atoms with Crippen LogP contribution in [-0.4, -0.2) is 36.7 Å². The van der Waals surface area contributed by atoms with Gasteiger partial charge in [-0.25, -0.2) is 9.59 Å². The first-order chi connectivity index (χ1) is 11.5. The number of esters is 2. The number of benzene rings is 2. The number of anilines is 1. The van der Waals surface area contributed by atoms with Gasteiger partial charge in [0.15, 0.2) is 6.61 Å². The Morgan fingerprint density at radius 1 is 1.04 bits per heavy atom. The highest BCUT2D eigenvalue weighted by Crippen LogP contribution is 2.16. The zero-order chi connectivity index (χ0) is 17.5. The number of carbonyl (C=O) groups is 3. The third kappa shape index (κ3) is 4.33. The van der Waals surface area contributed by atoms with E-state index >= 15 is 0 Å². The highest BCUT2D eigenvalue weighted by molar-refractivity contribution is 6.02. The van der Waals surface area contributed by atoms with Crippen molar-refractivity contribution >= 4 is 23.5 Å². The molecule has 0 saturated heterocycles. The molecule has 2 N–H and O–H groups in total. The molecule has 0 aliphatic rings. The zero-order valence-electron chi connectivity index (χ0n) is 12.8. The Hall–Kier alpha value is -3.35. The van der Waals surface area contributed by atoms with Crippen molar-refractivity contribution in [2.45, 2.75) is 0 Å². The second kappa shape index (κ2) is 7.77. The van der Waals surface area contributed by atoms with Crippen LogP contribution in [0.5, 0.6) is 5.75 Å². The molecule has 0 aliphatic carbocycles. The first-order valence-corrected chi connectivity index (χ1v) is 6.94. The highest BCUT2D eigenvalue weighted by Gasteiger charge is 2.15. The SMILES string of the molecule is COC(=O)c1ccccc1NC(=O)COC(=O)c1cccc(O)c1. The van der Waals surface area contributed by atoms with E-state index in [-0.39, 0.29) is 22.6 Å². The Balaban J connectivity index is 1.97. The number of nitrogens with one attached hydrogen (secondary N) is 1. The van der Waals surface area contributed by atoms with Crippen LogP contribution in [0, 0.1) is 0 Å².